The first-order valence-corrected chi connectivity index (χ1v) is 7.70. The van der Waals surface area contributed by atoms with Gasteiger partial charge in [-0.3, -0.25) is 4.90 Å². The number of benzene rings is 1. The third-order valence-electron chi connectivity index (χ3n) is 4.52. The van der Waals surface area contributed by atoms with Crippen LogP contribution in [0.1, 0.15) is 31.2 Å². The minimum atomic E-state index is 0.377. The van der Waals surface area contributed by atoms with E-state index < -0.39 is 0 Å². The lowest BCUT2D eigenvalue weighted by molar-refractivity contribution is 0.0639. The molecule has 0 aromatic heterocycles. The zero-order chi connectivity index (χ0) is 14.4. The zero-order valence-electron chi connectivity index (χ0n) is 12.4. The minimum absolute atomic E-state index is 0.377. The molecule has 0 unspecified atom stereocenters. The van der Waals surface area contributed by atoms with Gasteiger partial charge in [-0.2, -0.15) is 0 Å². The lowest BCUT2D eigenvalue weighted by Crippen LogP contribution is -2.44. The molecule has 0 radical (unpaired) electrons. The van der Waals surface area contributed by atoms with E-state index in [0.717, 1.165) is 38.6 Å². The summed E-state index contributed by atoms with van der Waals surface area (Å²) in [7, 11) is 1.00. The van der Waals surface area contributed by atoms with Crippen LogP contribution in [0.15, 0.2) is 30.3 Å². The smallest absolute Gasteiger partial charge is 0.0460 e. The van der Waals surface area contributed by atoms with Crippen LogP contribution in [0.2, 0.25) is 0 Å². The lowest BCUT2D eigenvalue weighted by atomic mass is 9.88. The Hall–Kier alpha value is -0.900. The van der Waals surface area contributed by atoms with Crippen molar-refractivity contribution in [2.45, 2.75) is 38.3 Å². The van der Waals surface area contributed by atoms with Crippen LogP contribution in [0.4, 0.5) is 0 Å². The fraction of sp³-hybridized carbons (Fsp3) is 0.647. The predicted molar refractivity (Wildman–Crippen MR) is 81.3 cm³/mol. The largest absolute Gasteiger partial charge is 0.400 e. The normalized spacial score (nSPS) is 26.8. The molecule has 2 fully saturated rings. The molecule has 0 bridgehead atoms. The van der Waals surface area contributed by atoms with Gasteiger partial charge in [0.15, 0.2) is 0 Å². The van der Waals surface area contributed by atoms with Crippen LogP contribution in [0.3, 0.4) is 0 Å². The van der Waals surface area contributed by atoms with Gasteiger partial charge >= 0.3 is 0 Å². The van der Waals surface area contributed by atoms with Crippen molar-refractivity contribution < 1.29 is 10.2 Å². The average Bonchev–Trinajstić information content (AvgIpc) is 3.35. The maximum absolute atomic E-state index is 9.37. The summed E-state index contributed by atoms with van der Waals surface area (Å²) in [6.07, 6.45) is 5.16. The Labute approximate surface area is 122 Å². The first-order valence-electron chi connectivity index (χ1n) is 7.70. The third kappa shape index (κ3) is 4.05. The summed E-state index contributed by atoms with van der Waals surface area (Å²) in [4.78, 5) is 2.65. The van der Waals surface area contributed by atoms with Gasteiger partial charge in [0.2, 0.25) is 0 Å². The molecule has 1 heterocycles. The van der Waals surface area contributed by atoms with Gasteiger partial charge in [-0.25, -0.2) is 0 Å². The number of likely N-dealkylation sites (tertiary alicyclic amines) is 1. The van der Waals surface area contributed by atoms with E-state index in [1.807, 2.05) is 0 Å². The molecule has 3 nitrogen and oxygen atoms in total. The molecule has 20 heavy (non-hydrogen) atoms. The molecule has 1 aromatic rings. The Morgan fingerprint density at radius 3 is 2.40 bits per heavy atom. The minimum Gasteiger partial charge on any atom is -0.400 e. The quantitative estimate of drug-likeness (QED) is 0.887. The molecule has 0 amide bonds. The van der Waals surface area contributed by atoms with Gasteiger partial charge in [0.05, 0.1) is 0 Å². The number of hydrogen-bond acceptors (Lipinski definition) is 3. The molecule has 2 aliphatic rings. The second-order valence-corrected chi connectivity index (χ2v) is 5.93. The predicted octanol–water partition coefficient (Wildman–Crippen LogP) is 2.28. The summed E-state index contributed by atoms with van der Waals surface area (Å²) in [5, 5.41) is 16.4. The molecule has 1 aliphatic heterocycles. The monoisotopic (exact) mass is 277 g/mol. The second kappa shape index (κ2) is 7.77. The van der Waals surface area contributed by atoms with Crippen molar-refractivity contribution >= 4 is 0 Å². The van der Waals surface area contributed by atoms with Crippen LogP contribution in [0.5, 0.6) is 0 Å². The number of aliphatic hydroxyl groups excluding tert-OH is 2. The first-order chi connectivity index (χ1) is 9.86. The summed E-state index contributed by atoms with van der Waals surface area (Å²) in [6.45, 7) is 2.61. The van der Waals surface area contributed by atoms with Crippen LogP contribution in [0, 0.1) is 11.8 Å². The van der Waals surface area contributed by atoms with Crippen molar-refractivity contribution in [3.05, 3.63) is 35.9 Å². The second-order valence-electron chi connectivity index (χ2n) is 5.93. The molecule has 1 aromatic carbocycles. The van der Waals surface area contributed by atoms with Crippen molar-refractivity contribution in [2.24, 2.45) is 11.8 Å². The van der Waals surface area contributed by atoms with Gasteiger partial charge in [0.1, 0.15) is 0 Å². The average molecular weight is 277 g/mol. The molecule has 112 valence electrons. The van der Waals surface area contributed by atoms with Crippen molar-refractivity contribution in [1.82, 2.24) is 4.90 Å². The lowest BCUT2D eigenvalue weighted by Gasteiger charge is -2.39. The van der Waals surface area contributed by atoms with Crippen LogP contribution < -0.4 is 0 Å². The molecule has 1 saturated carbocycles. The Morgan fingerprint density at radius 1 is 1.10 bits per heavy atom. The maximum atomic E-state index is 9.37. The Morgan fingerprint density at radius 2 is 1.80 bits per heavy atom. The molecule has 1 aliphatic carbocycles. The molecular weight excluding hydrogens is 250 g/mol. The maximum Gasteiger partial charge on any atom is 0.0460 e. The number of aliphatic hydroxyl groups is 2. The van der Waals surface area contributed by atoms with Crippen molar-refractivity contribution in [1.29, 1.82) is 0 Å². The Bertz CT molecular complexity index is 378. The molecule has 1 saturated heterocycles. The zero-order valence-corrected chi connectivity index (χ0v) is 12.4. The summed E-state index contributed by atoms with van der Waals surface area (Å²) in [6, 6.07) is 11.5. The Balaban J connectivity index is 0.000000704. The van der Waals surface area contributed by atoms with E-state index in [4.69, 9.17) is 5.11 Å². The summed E-state index contributed by atoms with van der Waals surface area (Å²) < 4.78 is 0. The molecule has 2 atom stereocenters. The van der Waals surface area contributed by atoms with E-state index in [2.05, 4.69) is 35.2 Å². The third-order valence-corrected chi connectivity index (χ3v) is 4.52. The highest BCUT2D eigenvalue weighted by molar-refractivity contribution is 5.15. The molecule has 2 N–H and O–H groups in total. The molecular formula is C17H27NO2. The van der Waals surface area contributed by atoms with Gasteiger partial charge in [0.25, 0.3) is 0 Å². The topological polar surface area (TPSA) is 43.7 Å². The highest BCUT2D eigenvalue weighted by atomic mass is 16.3. The van der Waals surface area contributed by atoms with E-state index >= 15 is 0 Å². The van der Waals surface area contributed by atoms with E-state index in [1.165, 1.54) is 24.8 Å². The number of hydrogen-bond donors (Lipinski definition) is 2. The van der Waals surface area contributed by atoms with Gasteiger partial charge in [0, 0.05) is 26.3 Å². The highest BCUT2D eigenvalue weighted by Gasteiger charge is 2.38. The molecule has 3 heteroatoms. The van der Waals surface area contributed by atoms with Crippen LogP contribution >= 0.6 is 0 Å². The van der Waals surface area contributed by atoms with E-state index in [0.29, 0.717) is 12.5 Å². The van der Waals surface area contributed by atoms with Crippen molar-refractivity contribution in [3.8, 4) is 0 Å². The standard InChI is InChI=1S/C16H23NO.CH4O/c18-12-14-8-9-17(16(10-14)15-6-7-15)11-13-4-2-1-3-5-13;1-2/h1-5,14-16,18H,6-12H2;2H,1H3/t14-,16-;/m1./s1. The summed E-state index contributed by atoms with van der Waals surface area (Å²) in [5.41, 5.74) is 1.42. The fourth-order valence-electron chi connectivity index (χ4n) is 3.27. The highest BCUT2D eigenvalue weighted by Crippen LogP contribution is 2.41. The first kappa shape index (κ1) is 15.5. The van der Waals surface area contributed by atoms with Crippen molar-refractivity contribution in [2.75, 3.05) is 20.3 Å². The van der Waals surface area contributed by atoms with E-state index in [9.17, 15) is 5.11 Å². The van der Waals surface area contributed by atoms with Crippen LogP contribution in [-0.2, 0) is 6.54 Å². The number of nitrogens with zero attached hydrogens (tertiary/aromatic N) is 1. The number of rotatable bonds is 4. The Kier molecular flexibility index (Phi) is 6.02. The van der Waals surface area contributed by atoms with E-state index in [-0.39, 0.29) is 0 Å². The van der Waals surface area contributed by atoms with Gasteiger partial charge in [-0.15, -0.1) is 0 Å². The summed E-state index contributed by atoms with van der Waals surface area (Å²) in [5.74, 6) is 1.45. The molecule has 3 rings (SSSR count). The summed E-state index contributed by atoms with van der Waals surface area (Å²) >= 11 is 0. The number of piperidine rings is 1. The SMILES string of the molecule is CO.OC[C@@H]1CCN(Cc2ccccc2)[C@@H](C2CC2)C1. The molecule has 0 spiro atoms. The van der Waals surface area contributed by atoms with Gasteiger partial charge in [-0.1, -0.05) is 30.3 Å². The van der Waals surface area contributed by atoms with Crippen molar-refractivity contribution in [3.63, 3.8) is 0 Å². The fourth-order valence-corrected chi connectivity index (χ4v) is 3.27. The van der Waals surface area contributed by atoms with Crippen LogP contribution in [-0.4, -0.2) is 41.4 Å². The van der Waals surface area contributed by atoms with E-state index in [1.54, 1.807) is 0 Å². The van der Waals surface area contributed by atoms with Gasteiger partial charge < -0.3 is 10.2 Å². The van der Waals surface area contributed by atoms with Gasteiger partial charge in [-0.05, 0) is 49.6 Å². The van der Waals surface area contributed by atoms with Crippen LogP contribution in [0.25, 0.3) is 0 Å².